The molecule has 0 spiro atoms. The zero-order valence-electron chi connectivity index (χ0n) is 8.51. The Morgan fingerprint density at radius 1 is 1.43 bits per heavy atom. The van der Waals surface area contributed by atoms with Gasteiger partial charge in [-0.25, -0.2) is 4.79 Å². The molecule has 3 nitrogen and oxygen atoms in total. The van der Waals surface area contributed by atoms with E-state index in [-0.39, 0.29) is 12.2 Å². The number of hydrogen-bond acceptors (Lipinski definition) is 3. The van der Waals surface area contributed by atoms with E-state index in [1.165, 1.54) is 0 Å². The fourth-order valence-corrected chi connectivity index (χ4v) is 1.89. The van der Waals surface area contributed by atoms with E-state index in [4.69, 9.17) is 9.47 Å². The molecular weight excluding hydrogens is 180 g/mol. The standard InChI is InChI=1S/C11H12O3/c1-7-8(5-12)11(2,3)4-9-10(7)14-6-13-9/h4H,6H2,1-3H3. The minimum absolute atomic E-state index is 0.237. The van der Waals surface area contributed by atoms with Crippen LogP contribution < -0.4 is 0 Å². The van der Waals surface area contributed by atoms with Crippen LogP contribution in [0, 0.1) is 5.41 Å². The molecule has 0 aromatic carbocycles. The third-order valence-corrected chi connectivity index (χ3v) is 2.60. The van der Waals surface area contributed by atoms with Crippen molar-refractivity contribution in [1.82, 2.24) is 0 Å². The van der Waals surface area contributed by atoms with Gasteiger partial charge in [0, 0.05) is 11.0 Å². The van der Waals surface area contributed by atoms with Crippen LogP contribution in [0.5, 0.6) is 0 Å². The maximum absolute atomic E-state index is 10.9. The molecule has 14 heavy (non-hydrogen) atoms. The molecule has 0 aromatic rings. The van der Waals surface area contributed by atoms with Gasteiger partial charge in [0.25, 0.3) is 0 Å². The number of ether oxygens (including phenoxy) is 2. The van der Waals surface area contributed by atoms with Crippen LogP contribution in [0.1, 0.15) is 20.8 Å². The molecule has 2 rings (SSSR count). The molecule has 0 atom stereocenters. The molecule has 1 aliphatic heterocycles. The van der Waals surface area contributed by atoms with Crippen LogP contribution in [0.2, 0.25) is 0 Å². The van der Waals surface area contributed by atoms with Gasteiger partial charge in [0.15, 0.2) is 11.5 Å². The van der Waals surface area contributed by atoms with Crippen LogP contribution >= 0.6 is 0 Å². The number of hydrogen-bond donors (Lipinski definition) is 0. The zero-order valence-corrected chi connectivity index (χ0v) is 8.51. The van der Waals surface area contributed by atoms with E-state index in [2.05, 4.69) is 0 Å². The maximum Gasteiger partial charge on any atom is 0.231 e. The van der Waals surface area contributed by atoms with E-state index in [0.29, 0.717) is 11.3 Å². The maximum atomic E-state index is 10.9. The Bertz CT molecular complexity index is 393. The third kappa shape index (κ3) is 1.10. The molecule has 3 heteroatoms. The first-order chi connectivity index (χ1) is 6.56. The second-order valence-electron chi connectivity index (χ2n) is 4.07. The largest absolute Gasteiger partial charge is 0.454 e. The Morgan fingerprint density at radius 2 is 2.14 bits per heavy atom. The van der Waals surface area contributed by atoms with Gasteiger partial charge >= 0.3 is 0 Å². The third-order valence-electron chi connectivity index (χ3n) is 2.60. The summed E-state index contributed by atoms with van der Waals surface area (Å²) in [5, 5.41) is 0. The van der Waals surface area contributed by atoms with Crippen molar-refractivity contribution in [2.24, 2.45) is 5.41 Å². The van der Waals surface area contributed by atoms with E-state index in [0.717, 1.165) is 11.3 Å². The molecular formula is C11H12O3. The van der Waals surface area contributed by atoms with Crippen LogP contribution in [0.15, 0.2) is 28.7 Å². The van der Waals surface area contributed by atoms with Crippen molar-refractivity contribution in [3.05, 3.63) is 28.7 Å². The van der Waals surface area contributed by atoms with Gasteiger partial charge in [-0.2, -0.15) is 0 Å². The molecule has 1 aliphatic carbocycles. The monoisotopic (exact) mass is 192 g/mol. The summed E-state index contributed by atoms with van der Waals surface area (Å²) in [6.45, 7) is 6.02. The second kappa shape index (κ2) is 2.76. The van der Waals surface area contributed by atoms with E-state index in [9.17, 15) is 4.79 Å². The first kappa shape index (κ1) is 9.10. The van der Waals surface area contributed by atoms with E-state index < -0.39 is 0 Å². The van der Waals surface area contributed by atoms with E-state index in [1.807, 2.05) is 32.8 Å². The van der Waals surface area contributed by atoms with Crippen molar-refractivity contribution in [2.75, 3.05) is 6.79 Å². The SMILES string of the molecule is CC1=C2OCOC2=CC(C)(C)C1=C=O. The fourth-order valence-electron chi connectivity index (χ4n) is 1.89. The number of rotatable bonds is 0. The lowest BCUT2D eigenvalue weighted by Crippen LogP contribution is -2.19. The Labute approximate surface area is 82.7 Å². The van der Waals surface area contributed by atoms with Gasteiger partial charge in [-0.1, -0.05) is 13.8 Å². The highest BCUT2D eigenvalue weighted by Gasteiger charge is 2.35. The normalized spacial score (nSPS) is 23.4. The zero-order chi connectivity index (χ0) is 10.3. The summed E-state index contributed by atoms with van der Waals surface area (Å²) in [6, 6.07) is 0. The minimum Gasteiger partial charge on any atom is -0.454 e. The summed E-state index contributed by atoms with van der Waals surface area (Å²) < 4.78 is 10.6. The van der Waals surface area contributed by atoms with Gasteiger partial charge in [0.1, 0.15) is 5.94 Å². The van der Waals surface area contributed by atoms with Gasteiger partial charge in [0.05, 0.1) is 5.57 Å². The molecule has 1 heterocycles. The lowest BCUT2D eigenvalue weighted by Gasteiger charge is -2.26. The molecule has 2 aliphatic rings. The Balaban J connectivity index is 2.62. The highest BCUT2D eigenvalue weighted by atomic mass is 16.7. The van der Waals surface area contributed by atoms with Crippen LogP contribution in [-0.4, -0.2) is 12.7 Å². The molecule has 74 valence electrons. The van der Waals surface area contributed by atoms with Crippen LogP contribution in [0.3, 0.4) is 0 Å². The van der Waals surface area contributed by atoms with Crippen LogP contribution in [-0.2, 0) is 14.3 Å². The summed E-state index contributed by atoms with van der Waals surface area (Å²) >= 11 is 0. The average molecular weight is 192 g/mol. The first-order valence-corrected chi connectivity index (χ1v) is 4.52. The number of allylic oxidation sites excluding steroid dienone is 3. The van der Waals surface area contributed by atoms with Crippen molar-refractivity contribution < 1.29 is 14.3 Å². The highest BCUT2D eigenvalue weighted by molar-refractivity contribution is 5.67. The van der Waals surface area contributed by atoms with Gasteiger partial charge in [0.2, 0.25) is 6.79 Å². The number of carbonyl (C=O) groups excluding carboxylic acids is 1. The van der Waals surface area contributed by atoms with E-state index in [1.54, 1.807) is 0 Å². The Hall–Kier alpha value is -1.47. The molecule has 0 saturated carbocycles. The molecule has 1 saturated heterocycles. The predicted molar refractivity (Wildman–Crippen MR) is 50.8 cm³/mol. The quantitative estimate of drug-likeness (QED) is 0.550. The van der Waals surface area contributed by atoms with E-state index >= 15 is 0 Å². The van der Waals surface area contributed by atoms with Crippen molar-refractivity contribution in [1.29, 1.82) is 0 Å². The van der Waals surface area contributed by atoms with Gasteiger partial charge in [-0.3, -0.25) is 0 Å². The van der Waals surface area contributed by atoms with Gasteiger partial charge < -0.3 is 9.47 Å². The van der Waals surface area contributed by atoms with Crippen LogP contribution in [0.4, 0.5) is 0 Å². The van der Waals surface area contributed by atoms with Gasteiger partial charge in [-0.15, -0.1) is 0 Å². The second-order valence-corrected chi connectivity index (χ2v) is 4.07. The topological polar surface area (TPSA) is 35.5 Å². The first-order valence-electron chi connectivity index (χ1n) is 4.52. The summed E-state index contributed by atoms with van der Waals surface area (Å²) in [4.78, 5) is 10.9. The van der Waals surface area contributed by atoms with Gasteiger partial charge in [-0.05, 0) is 13.0 Å². The summed E-state index contributed by atoms with van der Waals surface area (Å²) in [6.07, 6.45) is 1.91. The van der Waals surface area contributed by atoms with Crippen LogP contribution in [0.25, 0.3) is 0 Å². The molecule has 0 radical (unpaired) electrons. The number of fused-ring (bicyclic) bond motifs is 1. The molecule has 0 amide bonds. The smallest absolute Gasteiger partial charge is 0.231 e. The lowest BCUT2D eigenvalue weighted by molar-refractivity contribution is 0.0971. The summed E-state index contributed by atoms with van der Waals surface area (Å²) in [5.74, 6) is 3.41. The molecule has 1 fully saturated rings. The lowest BCUT2D eigenvalue weighted by atomic mass is 9.77. The van der Waals surface area contributed by atoms with Crippen molar-refractivity contribution in [3.63, 3.8) is 0 Å². The van der Waals surface area contributed by atoms with Crippen molar-refractivity contribution in [2.45, 2.75) is 20.8 Å². The molecule has 0 bridgehead atoms. The molecule has 0 N–H and O–H groups in total. The molecule has 0 aromatic heterocycles. The Kier molecular flexibility index (Phi) is 1.79. The van der Waals surface area contributed by atoms with Crippen molar-refractivity contribution >= 4 is 5.94 Å². The fraction of sp³-hybridized carbons (Fsp3) is 0.455. The summed E-state index contributed by atoms with van der Waals surface area (Å²) in [7, 11) is 0. The predicted octanol–water partition coefficient (Wildman–Crippen LogP) is 1.95. The average Bonchev–Trinajstić information content (AvgIpc) is 2.51. The Morgan fingerprint density at radius 3 is 2.79 bits per heavy atom. The summed E-state index contributed by atoms with van der Waals surface area (Å²) in [5.41, 5.74) is 1.15. The molecule has 0 unspecified atom stereocenters. The highest BCUT2D eigenvalue weighted by Crippen LogP contribution is 2.42. The minimum atomic E-state index is -0.321. The van der Waals surface area contributed by atoms with Crippen molar-refractivity contribution in [3.8, 4) is 0 Å².